The number of benzene rings is 1. The van der Waals surface area contributed by atoms with Gasteiger partial charge in [-0.3, -0.25) is 0 Å². The second kappa shape index (κ2) is 7.80. The van der Waals surface area contributed by atoms with E-state index in [0.717, 1.165) is 13.0 Å². The molecule has 1 aromatic carbocycles. The van der Waals surface area contributed by atoms with Crippen molar-refractivity contribution in [2.75, 3.05) is 19.8 Å². The number of ether oxygens (including phenoxy) is 1. The van der Waals surface area contributed by atoms with Gasteiger partial charge in [0.2, 0.25) is 0 Å². The van der Waals surface area contributed by atoms with Gasteiger partial charge in [-0.05, 0) is 37.2 Å². The van der Waals surface area contributed by atoms with E-state index in [1.165, 1.54) is 18.4 Å². The molecule has 2 nitrogen and oxygen atoms in total. The molecule has 1 atom stereocenters. The number of hydrogen-bond acceptors (Lipinski definition) is 2. The molecule has 0 spiro atoms. The van der Waals surface area contributed by atoms with Crippen LogP contribution >= 0.6 is 0 Å². The molecule has 2 rings (SSSR count). The summed E-state index contributed by atoms with van der Waals surface area (Å²) in [6.07, 6.45) is -0.289. The number of hydrogen-bond donors (Lipinski definition) is 1. The third-order valence-corrected chi connectivity index (χ3v) is 3.61. The standard InChI is InChI=1S/C16H22F3NO/c17-16(18,19)12-21-10-4-7-14(11-20-15-8-9-15)13-5-2-1-3-6-13/h1-3,5-6,14-15,20H,4,7-12H2. The number of halogens is 3. The highest BCUT2D eigenvalue weighted by molar-refractivity contribution is 5.20. The summed E-state index contributed by atoms with van der Waals surface area (Å²) in [6.45, 7) is -0.108. The minimum atomic E-state index is -4.23. The van der Waals surface area contributed by atoms with Crippen molar-refractivity contribution in [2.24, 2.45) is 0 Å². The summed E-state index contributed by atoms with van der Waals surface area (Å²) >= 11 is 0. The van der Waals surface area contributed by atoms with Crippen LogP contribution in [0, 0.1) is 0 Å². The fourth-order valence-electron chi connectivity index (χ4n) is 2.33. The SMILES string of the molecule is FC(F)(F)COCCCC(CNC1CC1)c1ccccc1. The van der Waals surface area contributed by atoms with Crippen LogP contribution < -0.4 is 5.32 Å². The average Bonchev–Trinajstić information content (AvgIpc) is 3.26. The van der Waals surface area contributed by atoms with E-state index in [2.05, 4.69) is 22.2 Å². The maximum absolute atomic E-state index is 12.0. The molecule has 1 aliphatic carbocycles. The molecule has 21 heavy (non-hydrogen) atoms. The summed E-state index contributed by atoms with van der Waals surface area (Å²) in [4.78, 5) is 0. The molecule has 1 saturated carbocycles. The Morgan fingerprint density at radius 1 is 1.19 bits per heavy atom. The molecule has 0 heterocycles. The normalized spacial score (nSPS) is 16.9. The molecule has 1 aliphatic rings. The van der Waals surface area contributed by atoms with Crippen molar-refractivity contribution in [3.63, 3.8) is 0 Å². The van der Waals surface area contributed by atoms with Crippen LogP contribution in [0.25, 0.3) is 0 Å². The monoisotopic (exact) mass is 301 g/mol. The van der Waals surface area contributed by atoms with Crippen LogP contribution in [0.4, 0.5) is 13.2 Å². The number of nitrogens with one attached hydrogen (secondary N) is 1. The lowest BCUT2D eigenvalue weighted by Crippen LogP contribution is -2.24. The summed E-state index contributed by atoms with van der Waals surface area (Å²) in [5.41, 5.74) is 1.24. The van der Waals surface area contributed by atoms with Crippen molar-refractivity contribution >= 4 is 0 Å². The summed E-state index contributed by atoms with van der Waals surface area (Å²) < 4.78 is 40.6. The van der Waals surface area contributed by atoms with Crippen LogP contribution in [-0.2, 0) is 4.74 Å². The molecule has 1 aromatic rings. The van der Waals surface area contributed by atoms with Crippen molar-refractivity contribution in [3.05, 3.63) is 35.9 Å². The van der Waals surface area contributed by atoms with E-state index < -0.39 is 12.8 Å². The molecule has 1 fully saturated rings. The van der Waals surface area contributed by atoms with Crippen molar-refractivity contribution in [2.45, 2.75) is 43.8 Å². The Labute approximate surface area is 123 Å². The van der Waals surface area contributed by atoms with Gasteiger partial charge in [0.05, 0.1) is 0 Å². The van der Waals surface area contributed by atoms with Crippen LogP contribution in [0.15, 0.2) is 30.3 Å². The minimum absolute atomic E-state index is 0.159. The maximum atomic E-state index is 12.0. The second-order valence-corrected chi connectivity index (χ2v) is 5.60. The van der Waals surface area contributed by atoms with E-state index in [0.29, 0.717) is 18.4 Å². The molecule has 118 valence electrons. The van der Waals surface area contributed by atoms with Gasteiger partial charge >= 0.3 is 6.18 Å². The Balaban J connectivity index is 1.73. The predicted octanol–water partition coefficient (Wildman–Crippen LogP) is 3.88. The van der Waals surface area contributed by atoms with Gasteiger partial charge in [0.15, 0.2) is 0 Å². The minimum Gasteiger partial charge on any atom is -0.372 e. The molecule has 0 bridgehead atoms. The highest BCUT2D eigenvalue weighted by Gasteiger charge is 2.27. The van der Waals surface area contributed by atoms with Crippen molar-refractivity contribution in [1.82, 2.24) is 5.32 Å². The van der Waals surface area contributed by atoms with Crippen molar-refractivity contribution < 1.29 is 17.9 Å². The van der Waals surface area contributed by atoms with E-state index in [1.807, 2.05) is 18.2 Å². The first-order valence-corrected chi connectivity index (χ1v) is 7.47. The first-order valence-electron chi connectivity index (χ1n) is 7.47. The van der Waals surface area contributed by atoms with Gasteiger partial charge in [0.1, 0.15) is 6.61 Å². The molecule has 0 aliphatic heterocycles. The van der Waals surface area contributed by atoms with Crippen LogP contribution in [-0.4, -0.2) is 32.0 Å². The highest BCUT2D eigenvalue weighted by Crippen LogP contribution is 2.24. The van der Waals surface area contributed by atoms with Gasteiger partial charge in [-0.25, -0.2) is 0 Å². The Morgan fingerprint density at radius 2 is 1.90 bits per heavy atom. The molecule has 5 heteroatoms. The van der Waals surface area contributed by atoms with Gasteiger partial charge in [0, 0.05) is 19.2 Å². The zero-order valence-electron chi connectivity index (χ0n) is 12.0. The van der Waals surface area contributed by atoms with Gasteiger partial charge in [0.25, 0.3) is 0 Å². The fraction of sp³-hybridized carbons (Fsp3) is 0.625. The van der Waals surface area contributed by atoms with E-state index in [4.69, 9.17) is 0 Å². The first kappa shape index (κ1) is 16.3. The number of alkyl halides is 3. The largest absolute Gasteiger partial charge is 0.411 e. The zero-order valence-corrected chi connectivity index (χ0v) is 12.0. The topological polar surface area (TPSA) is 21.3 Å². The second-order valence-electron chi connectivity index (χ2n) is 5.60. The molecule has 1 unspecified atom stereocenters. The number of rotatable bonds is 9. The quantitative estimate of drug-likeness (QED) is 0.699. The van der Waals surface area contributed by atoms with Crippen molar-refractivity contribution in [3.8, 4) is 0 Å². The molecule has 0 amide bonds. The molecule has 0 radical (unpaired) electrons. The summed E-state index contributed by atoms with van der Waals surface area (Å²) in [5.74, 6) is 0.335. The molecule has 1 N–H and O–H groups in total. The van der Waals surface area contributed by atoms with Gasteiger partial charge in [-0.1, -0.05) is 30.3 Å². The first-order chi connectivity index (χ1) is 10.0. The highest BCUT2D eigenvalue weighted by atomic mass is 19.4. The zero-order chi connectivity index (χ0) is 15.1. The summed E-state index contributed by atoms with van der Waals surface area (Å²) in [7, 11) is 0. The van der Waals surface area contributed by atoms with E-state index in [1.54, 1.807) is 0 Å². The lowest BCUT2D eigenvalue weighted by atomic mass is 9.94. The Hall–Kier alpha value is -1.07. The van der Waals surface area contributed by atoms with Crippen LogP contribution in [0.5, 0.6) is 0 Å². The average molecular weight is 301 g/mol. The lowest BCUT2D eigenvalue weighted by Gasteiger charge is -2.18. The lowest BCUT2D eigenvalue weighted by molar-refractivity contribution is -0.174. The van der Waals surface area contributed by atoms with Crippen LogP contribution in [0.1, 0.15) is 37.2 Å². The molecular weight excluding hydrogens is 279 g/mol. The Morgan fingerprint density at radius 3 is 2.52 bits per heavy atom. The molecule has 0 aromatic heterocycles. The fourth-order valence-corrected chi connectivity index (χ4v) is 2.33. The Bertz CT molecular complexity index is 404. The van der Waals surface area contributed by atoms with E-state index in [-0.39, 0.29) is 6.61 Å². The third kappa shape index (κ3) is 6.96. The summed E-state index contributed by atoms with van der Waals surface area (Å²) in [6, 6.07) is 10.8. The van der Waals surface area contributed by atoms with E-state index in [9.17, 15) is 13.2 Å². The molecular formula is C16H22F3NO. The third-order valence-electron chi connectivity index (χ3n) is 3.61. The van der Waals surface area contributed by atoms with Gasteiger partial charge in [-0.2, -0.15) is 13.2 Å². The molecule has 0 saturated heterocycles. The van der Waals surface area contributed by atoms with Crippen molar-refractivity contribution in [1.29, 1.82) is 0 Å². The van der Waals surface area contributed by atoms with Crippen LogP contribution in [0.2, 0.25) is 0 Å². The van der Waals surface area contributed by atoms with Crippen LogP contribution in [0.3, 0.4) is 0 Å². The predicted molar refractivity (Wildman–Crippen MR) is 76.3 cm³/mol. The van der Waals surface area contributed by atoms with Gasteiger partial charge in [-0.15, -0.1) is 0 Å². The van der Waals surface area contributed by atoms with Gasteiger partial charge < -0.3 is 10.1 Å². The van der Waals surface area contributed by atoms with E-state index >= 15 is 0 Å². The Kier molecular flexibility index (Phi) is 6.06. The summed E-state index contributed by atoms with van der Waals surface area (Å²) in [5, 5.41) is 3.50. The smallest absolute Gasteiger partial charge is 0.372 e. The maximum Gasteiger partial charge on any atom is 0.411 e.